The number of nitrogens with zero attached hydrogens (tertiary/aromatic N) is 7. The number of anilines is 1. The minimum atomic E-state index is -1.08. The van der Waals surface area contributed by atoms with E-state index in [1.807, 2.05) is 19.4 Å². The number of aliphatic hydroxyl groups excluding tert-OH is 1. The summed E-state index contributed by atoms with van der Waals surface area (Å²) in [7, 11) is 1.84. The molecule has 1 aliphatic carbocycles. The fourth-order valence-corrected chi connectivity index (χ4v) is 4.61. The largest absolute Gasteiger partial charge is 0.393 e. The zero-order valence-electron chi connectivity index (χ0n) is 18.5. The number of Topliss-reactive ketones (excluding diaryl/α,β-unsaturated/α-hetero) is 1. The number of carbonyl (C=O) groups is 1. The second kappa shape index (κ2) is 7.78. The van der Waals surface area contributed by atoms with Crippen molar-refractivity contribution in [3.05, 3.63) is 42.2 Å². The van der Waals surface area contributed by atoms with Crippen LogP contribution >= 0.6 is 0 Å². The molecule has 0 unspecified atom stereocenters. The molecule has 0 amide bonds. The number of fused-ring (bicyclic) bond motifs is 1. The zero-order valence-corrected chi connectivity index (χ0v) is 18.5. The van der Waals surface area contributed by atoms with Crippen LogP contribution in [0, 0.1) is 0 Å². The number of rotatable bonds is 5. The number of carbonyl (C=O) groups excluding carboxylic acids is 1. The Morgan fingerprint density at radius 3 is 2.58 bits per heavy atom. The smallest absolute Gasteiger partial charge is 0.165 e. The van der Waals surface area contributed by atoms with Gasteiger partial charge in [0.1, 0.15) is 11.5 Å². The first kappa shape index (κ1) is 21.3. The highest BCUT2D eigenvalue weighted by molar-refractivity contribution is 6.00. The maximum Gasteiger partial charge on any atom is 0.165 e. The van der Waals surface area contributed by atoms with Crippen LogP contribution in [0.5, 0.6) is 0 Å². The van der Waals surface area contributed by atoms with Crippen molar-refractivity contribution >= 4 is 17.2 Å². The number of aliphatic hydroxyl groups is 2. The van der Waals surface area contributed by atoms with E-state index in [1.54, 1.807) is 28.0 Å². The number of aromatic nitrogens is 7. The van der Waals surface area contributed by atoms with Crippen LogP contribution in [0.2, 0.25) is 0 Å². The third-order valence-corrected chi connectivity index (χ3v) is 6.51. The minimum Gasteiger partial charge on any atom is -0.393 e. The minimum absolute atomic E-state index is 0.0520. The Morgan fingerprint density at radius 2 is 1.94 bits per heavy atom. The molecule has 33 heavy (non-hydrogen) atoms. The highest BCUT2D eigenvalue weighted by Gasteiger charge is 2.36. The lowest BCUT2D eigenvalue weighted by Crippen LogP contribution is -2.37. The third-order valence-electron chi connectivity index (χ3n) is 6.51. The lowest BCUT2D eigenvalue weighted by atomic mass is 9.77. The van der Waals surface area contributed by atoms with Crippen LogP contribution in [-0.4, -0.2) is 62.4 Å². The number of hydrogen-bond acceptors (Lipinski definition) is 8. The van der Waals surface area contributed by atoms with Gasteiger partial charge in [0.2, 0.25) is 0 Å². The maximum atomic E-state index is 12.5. The van der Waals surface area contributed by atoms with Gasteiger partial charge >= 0.3 is 0 Å². The molecule has 0 atom stereocenters. The first-order valence-electron chi connectivity index (χ1n) is 10.8. The molecular formula is C22H26N8O3. The van der Waals surface area contributed by atoms with Gasteiger partial charge in [0.15, 0.2) is 11.4 Å². The molecule has 0 aliphatic heterocycles. The van der Waals surface area contributed by atoms with Crippen LogP contribution in [0.3, 0.4) is 0 Å². The molecule has 1 fully saturated rings. The van der Waals surface area contributed by atoms with Gasteiger partial charge in [0, 0.05) is 30.3 Å². The SMILES string of the molecule is CC(=O)c1c(N)n2ncc(-c3cnn(-c4cnn(C)c4)c3)c2nc1[C@H]1CC[C@@](O)(CO)CC1. The van der Waals surface area contributed by atoms with Crippen LogP contribution in [0.4, 0.5) is 5.82 Å². The van der Waals surface area contributed by atoms with Gasteiger partial charge in [0.05, 0.1) is 48.3 Å². The first-order valence-corrected chi connectivity index (χ1v) is 10.8. The summed E-state index contributed by atoms with van der Waals surface area (Å²) >= 11 is 0. The van der Waals surface area contributed by atoms with Crippen LogP contribution in [0.25, 0.3) is 22.5 Å². The summed E-state index contributed by atoms with van der Waals surface area (Å²) in [6.45, 7) is 1.19. The predicted molar refractivity (Wildman–Crippen MR) is 120 cm³/mol. The van der Waals surface area contributed by atoms with Crippen LogP contribution < -0.4 is 5.73 Å². The van der Waals surface area contributed by atoms with Crippen molar-refractivity contribution in [1.82, 2.24) is 34.2 Å². The highest BCUT2D eigenvalue weighted by atomic mass is 16.3. The van der Waals surface area contributed by atoms with Gasteiger partial charge < -0.3 is 15.9 Å². The summed E-state index contributed by atoms with van der Waals surface area (Å²) in [4.78, 5) is 17.4. The fraction of sp³-hybridized carbons (Fsp3) is 0.409. The zero-order chi connectivity index (χ0) is 23.3. The summed E-state index contributed by atoms with van der Waals surface area (Å²) in [6.07, 6.45) is 10.9. The summed E-state index contributed by atoms with van der Waals surface area (Å²) in [5.41, 5.74) is 9.24. The van der Waals surface area contributed by atoms with Gasteiger partial charge in [0.25, 0.3) is 0 Å². The van der Waals surface area contributed by atoms with Gasteiger partial charge in [-0.3, -0.25) is 9.48 Å². The predicted octanol–water partition coefficient (Wildman–Crippen LogP) is 1.48. The maximum absolute atomic E-state index is 12.5. The Balaban J connectivity index is 1.59. The Kier molecular flexibility index (Phi) is 5.02. The molecule has 1 saturated carbocycles. The van der Waals surface area contributed by atoms with E-state index >= 15 is 0 Å². The highest BCUT2D eigenvalue weighted by Crippen LogP contribution is 2.40. The summed E-state index contributed by atoms with van der Waals surface area (Å²) in [5.74, 6) is 0.0154. The van der Waals surface area contributed by atoms with Gasteiger partial charge in [-0.25, -0.2) is 9.67 Å². The van der Waals surface area contributed by atoms with Gasteiger partial charge in [-0.15, -0.1) is 0 Å². The van der Waals surface area contributed by atoms with E-state index in [4.69, 9.17) is 10.7 Å². The topological polar surface area (TPSA) is 149 Å². The van der Waals surface area contributed by atoms with Crippen molar-refractivity contribution in [3.63, 3.8) is 0 Å². The molecule has 4 heterocycles. The van der Waals surface area contributed by atoms with Gasteiger partial charge in [-0.05, 0) is 32.6 Å². The summed E-state index contributed by atoms with van der Waals surface area (Å²) < 4.78 is 4.91. The van der Waals surface area contributed by atoms with E-state index in [2.05, 4.69) is 15.3 Å². The Morgan fingerprint density at radius 1 is 1.18 bits per heavy atom. The quantitative estimate of drug-likeness (QED) is 0.387. The second-order valence-corrected chi connectivity index (χ2v) is 8.81. The number of hydrogen-bond donors (Lipinski definition) is 3. The Bertz CT molecular complexity index is 1340. The molecule has 172 valence electrons. The van der Waals surface area contributed by atoms with Crippen LogP contribution in [-0.2, 0) is 7.05 Å². The monoisotopic (exact) mass is 450 g/mol. The van der Waals surface area contributed by atoms with E-state index in [0.717, 1.165) is 16.8 Å². The molecule has 4 aromatic rings. The lowest BCUT2D eigenvalue weighted by Gasteiger charge is -2.34. The van der Waals surface area contributed by atoms with E-state index in [-0.39, 0.29) is 24.1 Å². The van der Waals surface area contributed by atoms with Crippen LogP contribution in [0.1, 0.15) is 54.6 Å². The van der Waals surface area contributed by atoms with Gasteiger partial charge in [-0.2, -0.15) is 19.8 Å². The van der Waals surface area contributed by atoms with Crippen molar-refractivity contribution in [2.24, 2.45) is 7.05 Å². The van der Waals surface area contributed by atoms with E-state index in [0.29, 0.717) is 42.6 Å². The molecule has 11 nitrogen and oxygen atoms in total. The van der Waals surface area contributed by atoms with E-state index in [1.165, 1.54) is 11.4 Å². The van der Waals surface area contributed by atoms with Gasteiger partial charge in [-0.1, -0.05) is 0 Å². The van der Waals surface area contributed by atoms with Crippen LogP contribution in [0.15, 0.2) is 31.0 Å². The molecule has 4 aromatic heterocycles. The molecule has 0 aromatic carbocycles. The molecular weight excluding hydrogens is 424 g/mol. The number of ketones is 1. The third kappa shape index (κ3) is 3.58. The van der Waals surface area contributed by atoms with E-state index in [9.17, 15) is 15.0 Å². The molecule has 0 spiro atoms. The summed E-state index contributed by atoms with van der Waals surface area (Å²) in [5, 5.41) is 32.9. The van der Waals surface area contributed by atoms with Crippen molar-refractivity contribution < 1.29 is 15.0 Å². The lowest BCUT2D eigenvalue weighted by molar-refractivity contribution is -0.0458. The number of nitrogen functional groups attached to an aromatic ring is 1. The fourth-order valence-electron chi connectivity index (χ4n) is 4.61. The summed E-state index contributed by atoms with van der Waals surface area (Å²) in [6, 6.07) is 0. The Hall–Kier alpha value is -3.57. The molecule has 1 aliphatic rings. The average molecular weight is 451 g/mol. The number of nitrogens with two attached hydrogens (primary N) is 1. The van der Waals surface area contributed by atoms with Crippen molar-refractivity contribution in [1.29, 1.82) is 0 Å². The standard InChI is InChI=1S/C22H26N8O3/c1-13(32)18-19(14-3-5-22(33,12-31)6-4-14)27-21-17(9-26-30(21)20(18)23)15-7-25-29(10-15)16-8-24-28(2)11-16/h7-11,14,31,33H,3-6,12,23H2,1-2H3/t14-,22-. The molecule has 4 N–H and O–H groups in total. The normalized spacial score (nSPS) is 21.0. The molecule has 5 rings (SSSR count). The molecule has 0 saturated heterocycles. The average Bonchev–Trinajstić information content (AvgIpc) is 3.53. The van der Waals surface area contributed by atoms with Crippen molar-refractivity contribution in [3.8, 4) is 16.8 Å². The second-order valence-electron chi connectivity index (χ2n) is 8.81. The van der Waals surface area contributed by atoms with Crippen molar-refractivity contribution in [2.75, 3.05) is 12.3 Å². The Labute approximate surface area is 189 Å². The molecule has 0 radical (unpaired) electrons. The van der Waals surface area contributed by atoms with E-state index < -0.39 is 5.60 Å². The first-order chi connectivity index (χ1) is 15.8. The van der Waals surface area contributed by atoms with Crippen molar-refractivity contribution in [2.45, 2.75) is 44.1 Å². The number of aryl methyl sites for hydroxylation is 1. The molecule has 11 heteroatoms. The molecule has 0 bridgehead atoms.